The van der Waals surface area contributed by atoms with Crippen LogP contribution >= 0.6 is 0 Å². The highest BCUT2D eigenvalue weighted by Gasteiger charge is 2.33. The van der Waals surface area contributed by atoms with Crippen molar-refractivity contribution in [3.63, 3.8) is 0 Å². The van der Waals surface area contributed by atoms with Gasteiger partial charge in [0, 0.05) is 44.1 Å². The average molecular weight is 484 g/mol. The second-order valence-corrected chi connectivity index (χ2v) is 10.0. The molecular formula is C24H34FN9O. The molecule has 0 spiro atoms. The molecule has 2 saturated heterocycles. The SMILES string of the molecule is CCC(C)n1nc(N2CC(N)C(F)C2)c2cnc(Nc3ccnc(N4CCC(C)(O)CC4)n3)cc21. The van der Waals surface area contributed by atoms with Crippen molar-refractivity contribution in [2.45, 2.75) is 63.9 Å². The maximum atomic E-state index is 14.1. The van der Waals surface area contributed by atoms with Crippen LogP contribution in [0.5, 0.6) is 0 Å². The van der Waals surface area contributed by atoms with Crippen LogP contribution in [0, 0.1) is 0 Å². The first-order valence-corrected chi connectivity index (χ1v) is 12.3. The molecule has 0 saturated carbocycles. The van der Waals surface area contributed by atoms with Gasteiger partial charge in [0.2, 0.25) is 5.95 Å². The van der Waals surface area contributed by atoms with Gasteiger partial charge in [-0.3, -0.25) is 4.68 Å². The number of alkyl halides is 1. The highest BCUT2D eigenvalue weighted by Crippen LogP contribution is 2.33. The summed E-state index contributed by atoms with van der Waals surface area (Å²) >= 11 is 0. The van der Waals surface area contributed by atoms with Gasteiger partial charge >= 0.3 is 0 Å². The molecule has 4 N–H and O–H groups in total. The van der Waals surface area contributed by atoms with Gasteiger partial charge in [-0.15, -0.1) is 0 Å². The molecule has 0 aromatic carbocycles. The zero-order valence-corrected chi connectivity index (χ0v) is 20.5. The Labute approximate surface area is 204 Å². The molecule has 3 atom stereocenters. The van der Waals surface area contributed by atoms with Crippen LogP contribution in [0.25, 0.3) is 10.9 Å². The topological polar surface area (TPSA) is 121 Å². The number of hydrogen-bond acceptors (Lipinski definition) is 9. The normalized spacial score (nSPS) is 23.1. The highest BCUT2D eigenvalue weighted by atomic mass is 19.1. The first kappa shape index (κ1) is 23.7. The molecular weight excluding hydrogens is 449 g/mol. The number of anilines is 4. The molecule has 5 heterocycles. The number of nitrogens with one attached hydrogen (secondary N) is 1. The van der Waals surface area contributed by atoms with Gasteiger partial charge in [0.1, 0.15) is 17.8 Å². The highest BCUT2D eigenvalue weighted by molar-refractivity contribution is 5.92. The van der Waals surface area contributed by atoms with Crippen molar-refractivity contribution in [3.8, 4) is 0 Å². The summed E-state index contributed by atoms with van der Waals surface area (Å²) in [6.45, 7) is 8.18. The molecule has 0 amide bonds. The van der Waals surface area contributed by atoms with Crippen LogP contribution < -0.4 is 20.9 Å². The Morgan fingerprint density at radius 3 is 2.69 bits per heavy atom. The van der Waals surface area contributed by atoms with E-state index in [1.807, 2.05) is 22.6 Å². The number of aliphatic hydroxyl groups is 1. The van der Waals surface area contributed by atoms with E-state index in [0.29, 0.717) is 50.1 Å². The second kappa shape index (κ2) is 9.19. The van der Waals surface area contributed by atoms with Crippen molar-refractivity contribution >= 4 is 34.3 Å². The van der Waals surface area contributed by atoms with Crippen LogP contribution in [-0.2, 0) is 0 Å². The standard InChI is InChI=1S/C24H34FN9O/c1-4-15(2)34-19-11-21(28-12-16(19)22(31-34)33-13-17(25)18(26)14-33)29-20-5-8-27-23(30-20)32-9-6-24(3,35)7-10-32/h5,8,11-12,15,17-18,35H,4,6-7,9-10,13-14,26H2,1-3H3,(H,27,28,29,30). The monoisotopic (exact) mass is 483 g/mol. The Kier molecular flexibility index (Phi) is 6.22. The van der Waals surface area contributed by atoms with Crippen LogP contribution in [0.1, 0.15) is 46.1 Å². The third-order valence-corrected chi connectivity index (χ3v) is 7.19. The van der Waals surface area contributed by atoms with Crippen LogP contribution in [-0.4, -0.2) is 73.8 Å². The number of pyridine rings is 1. The van der Waals surface area contributed by atoms with Crippen molar-refractivity contribution in [3.05, 3.63) is 24.5 Å². The molecule has 10 nitrogen and oxygen atoms in total. The smallest absolute Gasteiger partial charge is 0.227 e. The van der Waals surface area contributed by atoms with E-state index in [9.17, 15) is 9.50 Å². The molecule has 3 aromatic rings. The summed E-state index contributed by atoms with van der Waals surface area (Å²) in [6.07, 6.45) is 4.71. The van der Waals surface area contributed by atoms with E-state index >= 15 is 0 Å². The summed E-state index contributed by atoms with van der Waals surface area (Å²) in [5.41, 5.74) is 6.22. The molecule has 2 fully saturated rings. The number of aromatic nitrogens is 5. The van der Waals surface area contributed by atoms with Gasteiger partial charge in [0.25, 0.3) is 0 Å². The van der Waals surface area contributed by atoms with Gasteiger partial charge in [0.05, 0.1) is 29.1 Å². The predicted octanol–water partition coefficient (Wildman–Crippen LogP) is 2.77. The van der Waals surface area contributed by atoms with Crippen molar-refractivity contribution in [2.24, 2.45) is 5.73 Å². The molecule has 3 unspecified atom stereocenters. The van der Waals surface area contributed by atoms with Gasteiger partial charge < -0.3 is 26.0 Å². The van der Waals surface area contributed by atoms with E-state index in [2.05, 4.69) is 39.0 Å². The average Bonchev–Trinajstić information content (AvgIpc) is 3.38. The Hall–Kier alpha value is -3.05. The third kappa shape index (κ3) is 4.74. The zero-order valence-electron chi connectivity index (χ0n) is 20.5. The van der Waals surface area contributed by atoms with Gasteiger partial charge in [-0.2, -0.15) is 10.1 Å². The number of piperidine rings is 1. The molecule has 11 heteroatoms. The molecule has 0 aliphatic carbocycles. The number of rotatable bonds is 6. The Morgan fingerprint density at radius 2 is 2.00 bits per heavy atom. The Morgan fingerprint density at radius 1 is 1.23 bits per heavy atom. The zero-order chi connectivity index (χ0) is 24.7. The quantitative estimate of drug-likeness (QED) is 0.486. The lowest BCUT2D eigenvalue weighted by Crippen LogP contribution is -2.43. The lowest BCUT2D eigenvalue weighted by atomic mass is 9.94. The van der Waals surface area contributed by atoms with E-state index in [1.165, 1.54) is 0 Å². The van der Waals surface area contributed by atoms with Gasteiger partial charge in [-0.25, -0.2) is 14.4 Å². The number of nitrogens with zero attached hydrogens (tertiary/aromatic N) is 7. The predicted molar refractivity (Wildman–Crippen MR) is 135 cm³/mol. The molecule has 35 heavy (non-hydrogen) atoms. The van der Waals surface area contributed by atoms with Crippen LogP contribution in [0.4, 0.5) is 27.8 Å². The van der Waals surface area contributed by atoms with Gasteiger partial charge in [0.15, 0.2) is 5.82 Å². The molecule has 2 aliphatic heterocycles. The van der Waals surface area contributed by atoms with Crippen LogP contribution in [0.15, 0.2) is 24.5 Å². The van der Waals surface area contributed by atoms with E-state index in [0.717, 1.165) is 23.1 Å². The minimum atomic E-state index is -1.06. The summed E-state index contributed by atoms with van der Waals surface area (Å²) in [6, 6.07) is 3.42. The van der Waals surface area contributed by atoms with E-state index in [1.54, 1.807) is 18.5 Å². The number of hydrogen-bond donors (Lipinski definition) is 3. The van der Waals surface area contributed by atoms with Crippen LogP contribution in [0.3, 0.4) is 0 Å². The summed E-state index contributed by atoms with van der Waals surface area (Å²) in [5.74, 6) is 2.63. The minimum Gasteiger partial charge on any atom is -0.390 e. The van der Waals surface area contributed by atoms with Crippen molar-refractivity contribution in [1.82, 2.24) is 24.7 Å². The summed E-state index contributed by atoms with van der Waals surface area (Å²) in [4.78, 5) is 17.7. The fraction of sp³-hybridized carbons (Fsp3) is 0.583. The third-order valence-electron chi connectivity index (χ3n) is 7.19. The lowest BCUT2D eigenvalue weighted by Gasteiger charge is -2.35. The molecule has 188 valence electrons. The Bertz CT molecular complexity index is 1180. The molecule has 5 rings (SSSR count). The molecule has 2 aliphatic rings. The van der Waals surface area contributed by atoms with Crippen molar-refractivity contribution < 1.29 is 9.50 Å². The summed E-state index contributed by atoms with van der Waals surface area (Å²) < 4.78 is 16.1. The largest absolute Gasteiger partial charge is 0.390 e. The maximum absolute atomic E-state index is 14.1. The van der Waals surface area contributed by atoms with E-state index in [-0.39, 0.29) is 12.6 Å². The minimum absolute atomic E-state index is 0.168. The van der Waals surface area contributed by atoms with Gasteiger partial charge in [-0.05, 0) is 39.2 Å². The van der Waals surface area contributed by atoms with E-state index in [4.69, 9.17) is 10.8 Å². The van der Waals surface area contributed by atoms with E-state index < -0.39 is 17.8 Å². The number of fused-ring (bicyclic) bond motifs is 1. The molecule has 0 bridgehead atoms. The fourth-order valence-electron chi connectivity index (χ4n) is 4.68. The molecule has 0 radical (unpaired) electrons. The van der Waals surface area contributed by atoms with Crippen molar-refractivity contribution in [2.75, 3.05) is 41.3 Å². The first-order valence-electron chi connectivity index (χ1n) is 12.3. The lowest BCUT2D eigenvalue weighted by molar-refractivity contribution is 0.0349. The number of nitrogens with two attached hydrogens (primary N) is 1. The van der Waals surface area contributed by atoms with Gasteiger partial charge in [-0.1, -0.05) is 6.92 Å². The number of halogens is 1. The second-order valence-electron chi connectivity index (χ2n) is 10.0. The molecule has 3 aromatic heterocycles. The summed E-state index contributed by atoms with van der Waals surface area (Å²) in [5, 5.41) is 19.2. The first-order chi connectivity index (χ1) is 16.7. The maximum Gasteiger partial charge on any atom is 0.227 e. The van der Waals surface area contributed by atoms with Crippen LogP contribution in [0.2, 0.25) is 0 Å². The summed E-state index contributed by atoms with van der Waals surface area (Å²) in [7, 11) is 0. The Balaban J connectivity index is 1.42. The van der Waals surface area contributed by atoms with Crippen molar-refractivity contribution in [1.29, 1.82) is 0 Å². The fourth-order valence-corrected chi connectivity index (χ4v) is 4.68.